The number of phenolic OH excluding ortho intramolecular Hbond substituents is 1. The lowest BCUT2D eigenvalue weighted by Crippen LogP contribution is -2.73. The second-order valence-corrected chi connectivity index (χ2v) is 8.78. The van der Waals surface area contributed by atoms with Gasteiger partial charge < -0.3 is 25.2 Å². The average molecular weight is 479 g/mol. The summed E-state index contributed by atoms with van der Waals surface area (Å²) in [6.07, 6.45) is 2.11. The van der Waals surface area contributed by atoms with E-state index in [1.807, 2.05) is 24.8 Å². The van der Waals surface area contributed by atoms with Gasteiger partial charge in [0, 0.05) is 57.7 Å². The molecule has 10 nitrogen and oxygen atoms in total. The predicted octanol–water partition coefficient (Wildman–Crippen LogP) is 1.69. The van der Waals surface area contributed by atoms with Gasteiger partial charge in [-0.05, 0) is 24.3 Å². The quantitative estimate of drug-likeness (QED) is 0.508. The van der Waals surface area contributed by atoms with E-state index < -0.39 is 0 Å². The number of pyridine rings is 1. The van der Waals surface area contributed by atoms with E-state index >= 15 is 0 Å². The molecule has 2 fully saturated rings. The number of benzene rings is 1. The molecule has 0 radical (unpaired) electrons. The molecular weight excluding hydrogens is 448 g/mol. The first-order chi connectivity index (χ1) is 16.9. The number of rotatable bonds is 5. The van der Waals surface area contributed by atoms with Gasteiger partial charge in [0.2, 0.25) is 5.91 Å². The van der Waals surface area contributed by atoms with E-state index in [9.17, 15) is 19.5 Å². The van der Waals surface area contributed by atoms with E-state index in [2.05, 4.69) is 25.2 Å². The standard InChI is InChI=1S/C23H24N6O4.C2H6/c1-24-21(32)14-5-7-18(25-9-14)28-10-23(11-28)12-29(13-23)19(31)8-6-17-26-20-15(22(33)27-17)3-2-4-16(20)30;1-2/h2-5,7,9,30H,6,8,10-13H2,1H3,(H,24,32)(H,26,27,33);1-2H3. The number of amides is 2. The lowest BCUT2D eigenvalue weighted by atomic mass is 9.72. The average Bonchev–Trinajstić information content (AvgIpc) is 2.83. The van der Waals surface area contributed by atoms with E-state index in [0.29, 0.717) is 36.3 Å². The molecule has 1 aromatic carbocycles. The van der Waals surface area contributed by atoms with Crippen molar-refractivity contribution >= 4 is 28.5 Å². The highest BCUT2D eigenvalue weighted by atomic mass is 16.3. The number of phenols is 1. The molecule has 0 bridgehead atoms. The van der Waals surface area contributed by atoms with Crippen LogP contribution in [0.4, 0.5) is 5.82 Å². The Morgan fingerprint density at radius 2 is 1.89 bits per heavy atom. The number of hydrogen-bond donors (Lipinski definition) is 3. The Morgan fingerprint density at radius 1 is 1.14 bits per heavy atom. The molecule has 10 heteroatoms. The SMILES string of the molecule is CC.CNC(=O)c1ccc(N2CC3(CN(C(=O)CCc4nc5c(O)cccc5c(=O)[nH]4)C3)C2)nc1. The van der Waals surface area contributed by atoms with E-state index in [1.54, 1.807) is 31.4 Å². The lowest BCUT2D eigenvalue weighted by Gasteiger charge is -2.60. The molecule has 0 atom stereocenters. The molecule has 1 spiro atoms. The molecule has 2 aliphatic heterocycles. The molecule has 2 aromatic heterocycles. The topological polar surface area (TPSA) is 132 Å². The summed E-state index contributed by atoms with van der Waals surface area (Å²) >= 11 is 0. The van der Waals surface area contributed by atoms with Gasteiger partial charge in [0.1, 0.15) is 22.9 Å². The van der Waals surface area contributed by atoms with Gasteiger partial charge in [-0.15, -0.1) is 0 Å². The number of anilines is 1. The van der Waals surface area contributed by atoms with Crippen LogP contribution in [0.5, 0.6) is 5.75 Å². The van der Waals surface area contributed by atoms with E-state index in [4.69, 9.17) is 0 Å². The molecule has 2 saturated heterocycles. The van der Waals surface area contributed by atoms with Gasteiger partial charge in [-0.25, -0.2) is 9.97 Å². The Hall–Kier alpha value is -3.95. The first kappa shape index (κ1) is 24.2. The predicted molar refractivity (Wildman–Crippen MR) is 133 cm³/mol. The summed E-state index contributed by atoms with van der Waals surface area (Å²) in [5.74, 6) is 1.02. The molecule has 5 rings (SSSR count). The second kappa shape index (κ2) is 9.73. The van der Waals surface area contributed by atoms with Gasteiger partial charge in [-0.3, -0.25) is 14.4 Å². The van der Waals surface area contributed by atoms with E-state index in [1.165, 1.54) is 6.07 Å². The molecular formula is C25H30N6O4. The molecule has 2 aliphatic rings. The fourth-order valence-electron chi connectivity index (χ4n) is 4.61. The number of nitrogens with zero attached hydrogens (tertiary/aromatic N) is 4. The highest BCUT2D eigenvalue weighted by Crippen LogP contribution is 2.41. The minimum atomic E-state index is -0.326. The molecule has 0 aliphatic carbocycles. The Bertz CT molecular complexity index is 1290. The zero-order valence-corrected chi connectivity index (χ0v) is 20.2. The van der Waals surface area contributed by atoms with Crippen LogP contribution in [0.3, 0.4) is 0 Å². The lowest BCUT2D eigenvalue weighted by molar-refractivity contribution is -0.145. The zero-order chi connectivity index (χ0) is 25.2. The third-order valence-corrected chi connectivity index (χ3v) is 6.36. The van der Waals surface area contributed by atoms with Gasteiger partial charge in [-0.1, -0.05) is 19.9 Å². The van der Waals surface area contributed by atoms with Gasteiger partial charge in [0.25, 0.3) is 11.5 Å². The number of likely N-dealkylation sites (tertiary alicyclic amines) is 1. The maximum absolute atomic E-state index is 12.6. The molecule has 0 saturated carbocycles. The van der Waals surface area contributed by atoms with Crippen LogP contribution < -0.4 is 15.8 Å². The van der Waals surface area contributed by atoms with Crippen LogP contribution >= 0.6 is 0 Å². The summed E-state index contributed by atoms with van der Waals surface area (Å²) < 4.78 is 0. The first-order valence-corrected chi connectivity index (χ1v) is 11.8. The largest absolute Gasteiger partial charge is 0.506 e. The van der Waals surface area contributed by atoms with Crippen molar-refractivity contribution in [3.8, 4) is 5.75 Å². The maximum atomic E-state index is 12.6. The number of carbonyl (C=O) groups is 2. The summed E-state index contributed by atoms with van der Waals surface area (Å²) in [7, 11) is 1.58. The van der Waals surface area contributed by atoms with Crippen molar-refractivity contribution in [2.24, 2.45) is 5.41 Å². The van der Waals surface area contributed by atoms with Crippen LogP contribution in [0, 0.1) is 5.41 Å². The molecule has 0 unspecified atom stereocenters. The molecule has 35 heavy (non-hydrogen) atoms. The van der Waals surface area contributed by atoms with Crippen molar-refractivity contribution in [2.75, 3.05) is 38.1 Å². The van der Waals surface area contributed by atoms with Gasteiger partial charge in [0.15, 0.2) is 0 Å². The van der Waals surface area contributed by atoms with Gasteiger partial charge in [-0.2, -0.15) is 0 Å². The summed E-state index contributed by atoms with van der Waals surface area (Å²) in [5.41, 5.74) is 0.540. The third kappa shape index (κ3) is 4.68. The number of aromatic nitrogens is 3. The van der Waals surface area contributed by atoms with Crippen LogP contribution in [0.25, 0.3) is 10.9 Å². The Balaban J connectivity index is 0.00000141. The molecule has 2 amide bonds. The zero-order valence-electron chi connectivity index (χ0n) is 20.2. The number of aromatic amines is 1. The van der Waals surface area contributed by atoms with E-state index in [-0.39, 0.29) is 40.5 Å². The van der Waals surface area contributed by atoms with Crippen LogP contribution in [0.1, 0.15) is 36.5 Å². The Kier molecular flexibility index (Phi) is 6.72. The highest BCUT2D eigenvalue weighted by molar-refractivity contribution is 5.93. The molecule has 3 aromatic rings. The molecule has 3 N–H and O–H groups in total. The van der Waals surface area contributed by atoms with Crippen molar-refractivity contribution in [2.45, 2.75) is 26.7 Å². The van der Waals surface area contributed by atoms with Crippen LogP contribution in [-0.2, 0) is 11.2 Å². The summed E-state index contributed by atoms with van der Waals surface area (Å²) in [5, 5.41) is 12.9. The van der Waals surface area contributed by atoms with Gasteiger partial charge >= 0.3 is 0 Å². The summed E-state index contributed by atoms with van der Waals surface area (Å²) in [6.45, 7) is 7.03. The van der Waals surface area contributed by atoms with Gasteiger partial charge in [0.05, 0.1) is 10.9 Å². The number of para-hydroxylation sites is 1. The first-order valence-electron chi connectivity index (χ1n) is 11.8. The summed E-state index contributed by atoms with van der Waals surface area (Å²) in [4.78, 5) is 51.8. The monoisotopic (exact) mass is 478 g/mol. The summed E-state index contributed by atoms with van der Waals surface area (Å²) in [6, 6.07) is 8.27. The molecule has 4 heterocycles. The Morgan fingerprint density at radius 3 is 2.54 bits per heavy atom. The third-order valence-electron chi connectivity index (χ3n) is 6.36. The normalized spacial score (nSPS) is 15.6. The number of H-pyrrole nitrogens is 1. The van der Waals surface area contributed by atoms with Crippen molar-refractivity contribution in [1.82, 2.24) is 25.2 Å². The number of nitrogens with one attached hydrogen (secondary N) is 2. The molecule has 184 valence electrons. The van der Waals surface area contributed by atoms with Crippen molar-refractivity contribution in [3.05, 3.63) is 58.3 Å². The Labute approximate surface area is 203 Å². The number of aryl methyl sites for hydroxylation is 1. The van der Waals surface area contributed by atoms with Crippen LogP contribution in [0.2, 0.25) is 0 Å². The van der Waals surface area contributed by atoms with E-state index in [0.717, 1.165) is 18.9 Å². The van der Waals surface area contributed by atoms with Crippen molar-refractivity contribution in [3.63, 3.8) is 0 Å². The number of carbonyl (C=O) groups excluding carboxylic acids is 2. The number of aromatic hydroxyl groups is 1. The van der Waals surface area contributed by atoms with Crippen molar-refractivity contribution in [1.29, 1.82) is 0 Å². The van der Waals surface area contributed by atoms with Crippen molar-refractivity contribution < 1.29 is 14.7 Å². The second-order valence-electron chi connectivity index (χ2n) is 8.78. The number of hydrogen-bond acceptors (Lipinski definition) is 7. The fraction of sp³-hybridized carbons (Fsp3) is 0.400. The highest BCUT2D eigenvalue weighted by Gasteiger charge is 2.53. The fourth-order valence-corrected chi connectivity index (χ4v) is 4.61. The smallest absolute Gasteiger partial charge is 0.258 e. The van der Waals surface area contributed by atoms with Crippen LogP contribution in [-0.4, -0.2) is 70.0 Å². The number of fused-ring (bicyclic) bond motifs is 1. The maximum Gasteiger partial charge on any atom is 0.258 e. The van der Waals surface area contributed by atoms with Crippen LogP contribution in [0.15, 0.2) is 41.3 Å². The minimum Gasteiger partial charge on any atom is -0.506 e. The minimum absolute atomic E-state index is 0.0205.